The van der Waals surface area contributed by atoms with Crippen molar-refractivity contribution in [2.45, 2.75) is 11.3 Å². The highest BCUT2D eigenvalue weighted by molar-refractivity contribution is 7.91. The van der Waals surface area contributed by atoms with Gasteiger partial charge in [0, 0.05) is 20.6 Å². The Balaban J connectivity index is 2.92. The summed E-state index contributed by atoms with van der Waals surface area (Å²) in [4.78, 5) is 11.0. The molecule has 0 atom stereocenters. The molecule has 0 spiro atoms. The van der Waals surface area contributed by atoms with Gasteiger partial charge < -0.3 is 5.32 Å². The number of rotatable bonds is 4. The van der Waals surface area contributed by atoms with E-state index in [4.69, 9.17) is 0 Å². The van der Waals surface area contributed by atoms with E-state index < -0.39 is 16.1 Å². The molecule has 1 rings (SSSR count). The molecule has 8 nitrogen and oxygen atoms in total. The van der Waals surface area contributed by atoms with Crippen molar-refractivity contribution in [2.24, 2.45) is 0 Å². The fourth-order valence-electron chi connectivity index (χ4n) is 0.827. The lowest BCUT2D eigenvalue weighted by Gasteiger charge is -2.10. The Morgan fingerprint density at radius 2 is 2.12 bits per heavy atom. The lowest BCUT2D eigenvalue weighted by atomic mass is 10.8. The van der Waals surface area contributed by atoms with E-state index in [1.807, 2.05) is 0 Å². The minimum absolute atomic E-state index is 0.132. The zero-order valence-electron chi connectivity index (χ0n) is 9.59. The fraction of sp³-hybridized carbons (Fsp3) is 0.571. The summed E-state index contributed by atoms with van der Waals surface area (Å²) in [6.45, 7) is 2.04. The summed E-state index contributed by atoms with van der Waals surface area (Å²) in [7, 11) is -0.714. The second kappa shape index (κ2) is 5.38. The summed E-state index contributed by atoms with van der Waals surface area (Å²) in [6, 6.07) is -0.478. The summed E-state index contributed by atoms with van der Waals surface area (Å²) in [5, 5.41) is 11.9. The largest absolute Gasteiger partial charge is 0.341 e. The molecule has 0 aliphatic carbocycles. The maximum absolute atomic E-state index is 11.8. The first kappa shape index (κ1) is 13.8. The van der Waals surface area contributed by atoms with Crippen LogP contribution in [0.3, 0.4) is 0 Å². The van der Waals surface area contributed by atoms with Crippen molar-refractivity contribution >= 4 is 32.5 Å². The van der Waals surface area contributed by atoms with Crippen molar-refractivity contribution in [3.05, 3.63) is 0 Å². The molecule has 0 radical (unpaired) electrons. The Kier molecular flexibility index (Phi) is 4.37. The molecule has 10 heteroatoms. The van der Waals surface area contributed by atoms with Crippen LogP contribution in [0.15, 0.2) is 4.34 Å². The molecule has 0 aromatic carbocycles. The smallest absolute Gasteiger partial charge is 0.320 e. The van der Waals surface area contributed by atoms with Crippen LogP contribution in [0.4, 0.5) is 9.93 Å². The first-order valence-corrected chi connectivity index (χ1v) is 6.96. The maximum Gasteiger partial charge on any atom is 0.320 e. The van der Waals surface area contributed by atoms with Gasteiger partial charge in [-0.2, -0.15) is 4.31 Å². The third kappa shape index (κ3) is 3.11. The van der Waals surface area contributed by atoms with Crippen molar-refractivity contribution in [1.82, 2.24) is 19.8 Å². The zero-order valence-corrected chi connectivity index (χ0v) is 11.2. The number of sulfonamides is 1. The third-order valence-electron chi connectivity index (χ3n) is 1.93. The van der Waals surface area contributed by atoms with Crippen LogP contribution < -0.4 is 10.6 Å². The number of carbonyl (C=O) groups is 1. The number of carbonyl (C=O) groups excluding carboxylic acids is 1. The summed E-state index contributed by atoms with van der Waals surface area (Å²) < 4.78 is 24.7. The van der Waals surface area contributed by atoms with Crippen LogP contribution in [0.5, 0.6) is 0 Å². The first-order chi connectivity index (χ1) is 7.91. The Labute approximate surface area is 103 Å². The molecule has 17 heavy (non-hydrogen) atoms. The van der Waals surface area contributed by atoms with E-state index in [1.165, 1.54) is 14.1 Å². The van der Waals surface area contributed by atoms with Gasteiger partial charge in [0.15, 0.2) is 0 Å². The van der Waals surface area contributed by atoms with E-state index >= 15 is 0 Å². The van der Waals surface area contributed by atoms with Crippen molar-refractivity contribution in [3.63, 3.8) is 0 Å². The molecule has 0 aliphatic heterocycles. The third-order valence-corrected chi connectivity index (χ3v) is 5.05. The summed E-state index contributed by atoms with van der Waals surface area (Å²) in [5.41, 5.74) is 0. The topological polar surface area (TPSA) is 104 Å². The maximum atomic E-state index is 11.8. The highest BCUT2D eigenvalue weighted by atomic mass is 32.2. The van der Waals surface area contributed by atoms with Gasteiger partial charge in [0.1, 0.15) is 0 Å². The highest BCUT2D eigenvalue weighted by Gasteiger charge is 2.24. The minimum Gasteiger partial charge on any atom is -0.341 e. The summed E-state index contributed by atoms with van der Waals surface area (Å²) >= 11 is 0.803. The number of nitrogens with zero attached hydrogens (tertiary/aromatic N) is 3. The minimum atomic E-state index is -3.60. The molecule has 2 amide bonds. The van der Waals surface area contributed by atoms with Gasteiger partial charge in [-0.3, -0.25) is 5.32 Å². The van der Waals surface area contributed by atoms with Gasteiger partial charge in [-0.1, -0.05) is 18.3 Å². The average Bonchev–Trinajstić information content (AvgIpc) is 2.76. The Morgan fingerprint density at radius 3 is 2.65 bits per heavy atom. The molecule has 0 unspecified atom stereocenters. The molecule has 2 N–H and O–H groups in total. The summed E-state index contributed by atoms with van der Waals surface area (Å²) in [5.74, 6) is 0. The van der Waals surface area contributed by atoms with E-state index in [1.54, 1.807) is 6.92 Å². The second-order valence-electron chi connectivity index (χ2n) is 3.00. The second-order valence-corrected chi connectivity index (χ2v) is 6.19. The number of urea groups is 1. The number of hydrogen-bond donors (Lipinski definition) is 2. The van der Waals surface area contributed by atoms with Crippen LogP contribution in [0, 0.1) is 0 Å². The van der Waals surface area contributed by atoms with Gasteiger partial charge >= 0.3 is 6.03 Å². The summed E-state index contributed by atoms with van der Waals surface area (Å²) in [6.07, 6.45) is 0. The van der Waals surface area contributed by atoms with E-state index in [0.717, 1.165) is 15.6 Å². The lowest BCUT2D eigenvalue weighted by Crippen LogP contribution is -2.26. The average molecular weight is 279 g/mol. The standard InChI is InChI=1S/C7H13N5O3S2/c1-4-12(3)17(14,15)7-11-10-6(16-7)9-5(13)8-2/h4H2,1-3H3,(H2,8,9,10,13). The number of anilines is 1. The van der Waals surface area contributed by atoms with Crippen LogP contribution in [-0.2, 0) is 10.0 Å². The van der Waals surface area contributed by atoms with E-state index in [9.17, 15) is 13.2 Å². The number of hydrogen-bond acceptors (Lipinski definition) is 6. The van der Waals surface area contributed by atoms with Gasteiger partial charge in [0.2, 0.25) is 9.47 Å². The monoisotopic (exact) mass is 279 g/mol. The number of amides is 2. The van der Waals surface area contributed by atoms with E-state index in [0.29, 0.717) is 6.54 Å². The highest BCUT2D eigenvalue weighted by Crippen LogP contribution is 2.22. The van der Waals surface area contributed by atoms with Crippen LogP contribution in [0.25, 0.3) is 0 Å². The molecule has 1 heterocycles. The molecule has 0 saturated carbocycles. The normalized spacial score (nSPS) is 11.5. The van der Waals surface area contributed by atoms with Crippen molar-refractivity contribution in [3.8, 4) is 0 Å². The van der Waals surface area contributed by atoms with Gasteiger partial charge in [-0.25, -0.2) is 13.2 Å². The van der Waals surface area contributed by atoms with Gasteiger partial charge in [-0.05, 0) is 0 Å². The van der Waals surface area contributed by atoms with Crippen molar-refractivity contribution in [1.29, 1.82) is 0 Å². The molecule has 0 saturated heterocycles. The number of nitrogens with one attached hydrogen (secondary N) is 2. The van der Waals surface area contributed by atoms with Crippen LogP contribution in [0.2, 0.25) is 0 Å². The Bertz CT molecular complexity index is 497. The Hall–Kier alpha value is -1.26. The molecule has 1 aromatic rings. The van der Waals surface area contributed by atoms with E-state index in [-0.39, 0.29) is 9.47 Å². The predicted octanol–water partition coefficient (Wildman–Crippen LogP) is -0.0702. The SMILES string of the molecule is CCN(C)S(=O)(=O)c1nnc(NC(=O)NC)s1. The molecular formula is C7H13N5O3S2. The molecule has 0 aliphatic rings. The first-order valence-electron chi connectivity index (χ1n) is 4.70. The van der Waals surface area contributed by atoms with Crippen molar-refractivity contribution in [2.75, 3.05) is 26.0 Å². The lowest BCUT2D eigenvalue weighted by molar-refractivity contribution is 0.254. The Morgan fingerprint density at radius 1 is 1.47 bits per heavy atom. The molecule has 96 valence electrons. The van der Waals surface area contributed by atoms with Crippen LogP contribution in [-0.4, -0.2) is 49.6 Å². The quantitative estimate of drug-likeness (QED) is 0.751. The molecule has 1 aromatic heterocycles. The van der Waals surface area contributed by atoms with Crippen LogP contribution >= 0.6 is 11.3 Å². The number of aromatic nitrogens is 2. The molecule has 0 fully saturated rings. The molecule has 0 bridgehead atoms. The predicted molar refractivity (Wildman–Crippen MR) is 63.5 cm³/mol. The van der Waals surface area contributed by atoms with Gasteiger partial charge in [0.05, 0.1) is 0 Å². The zero-order chi connectivity index (χ0) is 13.1. The fourth-order valence-corrected chi connectivity index (χ4v) is 3.09. The van der Waals surface area contributed by atoms with Crippen LogP contribution in [0.1, 0.15) is 6.92 Å². The van der Waals surface area contributed by atoms with E-state index in [2.05, 4.69) is 20.8 Å². The van der Waals surface area contributed by atoms with Gasteiger partial charge in [0.25, 0.3) is 10.0 Å². The molecular weight excluding hydrogens is 266 g/mol. The van der Waals surface area contributed by atoms with Gasteiger partial charge in [-0.15, -0.1) is 10.2 Å². The van der Waals surface area contributed by atoms with Crippen molar-refractivity contribution < 1.29 is 13.2 Å².